The van der Waals surface area contributed by atoms with Crippen molar-refractivity contribution >= 4 is 9.24 Å². The predicted molar refractivity (Wildman–Crippen MR) is 38.9 cm³/mol. The molecule has 0 N–H and O–H groups in total. The highest BCUT2D eigenvalue weighted by molar-refractivity contribution is 7.17. The molecule has 0 amide bonds. The summed E-state index contributed by atoms with van der Waals surface area (Å²) in [5.74, 6) is 2.23. The predicted octanol–water partition coefficient (Wildman–Crippen LogP) is 2.05. The van der Waals surface area contributed by atoms with Crippen LogP contribution in [0, 0.1) is 11.8 Å². The maximum absolute atomic E-state index is 2.99. The minimum absolute atomic E-state index is 0.994. The minimum Gasteiger partial charge on any atom is -0.134 e. The lowest BCUT2D eigenvalue weighted by Gasteiger charge is -2.15. The van der Waals surface area contributed by atoms with Gasteiger partial charge in [-0.3, -0.25) is 0 Å². The summed E-state index contributed by atoms with van der Waals surface area (Å²) in [6.45, 7) is 0. The van der Waals surface area contributed by atoms with Crippen LogP contribution in [-0.4, -0.2) is 5.66 Å². The first-order valence-corrected chi connectivity index (χ1v) is 4.28. The van der Waals surface area contributed by atoms with Crippen molar-refractivity contribution in [3.05, 3.63) is 0 Å². The molecule has 0 radical (unpaired) electrons. The van der Waals surface area contributed by atoms with E-state index < -0.39 is 0 Å². The van der Waals surface area contributed by atoms with Gasteiger partial charge in [-0.05, 0) is 36.8 Å². The van der Waals surface area contributed by atoms with E-state index in [1.807, 2.05) is 0 Å². The summed E-state index contributed by atoms with van der Waals surface area (Å²) in [6, 6.07) is 0. The molecule has 4 unspecified atom stereocenters. The standard InChI is InChI=1S/C7H13P/c8-7-4-5-1-2-6(7)3-5/h5-7H,1-4,8H2. The third kappa shape index (κ3) is 0.624. The van der Waals surface area contributed by atoms with E-state index >= 15 is 0 Å². The third-order valence-electron chi connectivity index (χ3n) is 2.79. The molecule has 2 rings (SSSR count). The number of hydrogen-bond donors (Lipinski definition) is 0. The molecule has 2 saturated carbocycles. The van der Waals surface area contributed by atoms with Crippen LogP contribution in [0.2, 0.25) is 0 Å². The van der Waals surface area contributed by atoms with Gasteiger partial charge in [-0.2, -0.15) is 0 Å². The van der Waals surface area contributed by atoms with Gasteiger partial charge < -0.3 is 0 Å². The Morgan fingerprint density at radius 3 is 2.25 bits per heavy atom. The van der Waals surface area contributed by atoms with Crippen LogP contribution < -0.4 is 0 Å². The van der Waals surface area contributed by atoms with Gasteiger partial charge in [-0.1, -0.05) is 6.42 Å². The van der Waals surface area contributed by atoms with Gasteiger partial charge in [0.05, 0.1) is 0 Å². The highest BCUT2D eigenvalue weighted by Crippen LogP contribution is 2.47. The van der Waals surface area contributed by atoms with Crippen LogP contribution in [0.4, 0.5) is 0 Å². The van der Waals surface area contributed by atoms with Crippen LogP contribution in [0.3, 0.4) is 0 Å². The molecular formula is C7H13P. The summed E-state index contributed by atoms with van der Waals surface area (Å²) in [7, 11) is 2.99. The zero-order valence-electron chi connectivity index (χ0n) is 5.14. The molecule has 2 aliphatic rings. The highest BCUT2D eigenvalue weighted by Gasteiger charge is 2.36. The lowest BCUT2D eigenvalue weighted by Crippen LogP contribution is -2.07. The maximum Gasteiger partial charge on any atom is -0.0233 e. The summed E-state index contributed by atoms with van der Waals surface area (Å²) >= 11 is 0. The van der Waals surface area contributed by atoms with E-state index in [4.69, 9.17) is 0 Å². The van der Waals surface area contributed by atoms with Gasteiger partial charge in [0, 0.05) is 0 Å². The van der Waals surface area contributed by atoms with Crippen molar-refractivity contribution in [3.8, 4) is 0 Å². The van der Waals surface area contributed by atoms with Crippen LogP contribution in [0.25, 0.3) is 0 Å². The van der Waals surface area contributed by atoms with E-state index in [1.54, 1.807) is 6.42 Å². The summed E-state index contributed by atoms with van der Waals surface area (Å²) in [6.07, 6.45) is 6.12. The quantitative estimate of drug-likeness (QED) is 0.438. The topological polar surface area (TPSA) is 0 Å². The summed E-state index contributed by atoms with van der Waals surface area (Å²) in [5, 5.41) is 0. The monoisotopic (exact) mass is 128 g/mol. The Bertz CT molecular complexity index is 98.6. The van der Waals surface area contributed by atoms with Crippen molar-refractivity contribution in [1.82, 2.24) is 0 Å². The number of hydrogen-bond acceptors (Lipinski definition) is 0. The van der Waals surface area contributed by atoms with Gasteiger partial charge in [0.15, 0.2) is 0 Å². The smallest absolute Gasteiger partial charge is 0.0233 e. The molecule has 0 aromatic carbocycles. The van der Waals surface area contributed by atoms with Crippen molar-refractivity contribution in [3.63, 3.8) is 0 Å². The van der Waals surface area contributed by atoms with Gasteiger partial charge in [0.25, 0.3) is 0 Å². The van der Waals surface area contributed by atoms with E-state index in [0.717, 1.165) is 17.5 Å². The molecular weight excluding hydrogens is 115 g/mol. The molecule has 0 aromatic rings. The Morgan fingerprint density at radius 1 is 1.12 bits per heavy atom. The largest absolute Gasteiger partial charge is 0.134 e. The zero-order chi connectivity index (χ0) is 5.56. The molecule has 2 aliphatic carbocycles. The average Bonchev–Trinajstić information content (AvgIpc) is 2.23. The van der Waals surface area contributed by atoms with E-state index in [9.17, 15) is 0 Å². The molecule has 46 valence electrons. The molecule has 0 spiro atoms. The average molecular weight is 128 g/mol. The fourth-order valence-electron chi connectivity index (χ4n) is 2.29. The summed E-state index contributed by atoms with van der Waals surface area (Å²) in [4.78, 5) is 0. The van der Waals surface area contributed by atoms with Crippen LogP contribution in [0.1, 0.15) is 25.7 Å². The Kier molecular flexibility index (Phi) is 1.11. The van der Waals surface area contributed by atoms with E-state index in [1.165, 1.54) is 19.3 Å². The van der Waals surface area contributed by atoms with Gasteiger partial charge in [0.1, 0.15) is 0 Å². The first-order chi connectivity index (χ1) is 3.86. The van der Waals surface area contributed by atoms with Crippen LogP contribution in [0.5, 0.6) is 0 Å². The van der Waals surface area contributed by atoms with Crippen molar-refractivity contribution in [2.45, 2.75) is 31.3 Å². The van der Waals surface area contributed by atoms with Crippen LogP contribution in [-0.2, 0) is 0 Å². The zero-order valence-corrected chi connectivity index (χ0v) is 6.29. The van der Waals surface area contributed by atoms with Crippen molar-refractivity contribution < 1.29 is 0 Å². The molecule has 2 bridgehead atoms. The Labute approximate surface area is 53.2 Å². The molecule has 0 nitrogen and oxygen atoms in total. The normalized spacial score (nSPS) is 52.9. The van der Waals surface area contributed by atoms with E-state index in [-0.39, 0.29) is 0 Å². The molecule has 0 aromatic heterocycles. The lowest BCUT2D eigenvalue weighted by molar-refractivity contribution is 0.492. The Hall–Kier alpha value is 0.430. The molecule has 1 heteroatoms. The second-order valence-electron chi connectivity index (χ2n) is 3.34. The van der Waals surface area contributed by atoms with E-state index in [0.29, 0.717) is 0 Å². The fraction of sp³-hybridized carbons (Fsp3) is 1.00. The molecule has 8 heavy (non-hydrogen) atoms. The first-order valence-electron chi connectivity index (χ1n) is 3.62. The molecule has 2 fully saturated rings. The second-order valence-corrected chi connectivity index (χ2v) is 4.20. The van der Waals surface area contributed by atoms with Gasteiger partial charge in [0.2, 0.25) is 0 Å². The van der Waals surface area contributed by atoms with Gasteiger partial charge in [-0.15, -0.1) is 9.24 Å². The maximum atomic E-state index is 2.99. The van der Waals surface area contributed by atoms with Crippen molar-refractivity contribution in [1.29, 1.82) is 0 Å². The van der Waals surface area contributed by atoms with E-state index in [2.05, 4.69) is 9.24 Å². The Balaban J connectivity index is 2.11. The van der Waals surface area contributed by atoms with Crippen molar-refractivity contribution in [2.24, 2.45) is 11.8 Å². The molecule has 0 aliphatic heterocycles. The van der Waals surface area contributed by atoms with Gasteiger partial charge >= 0.3 is 0 Å². The number of rotatable bonds is 0. The van der Waals surface area contributed by atoms with Crippen molar-refractivity contribution in [2.75, 3.05) is 0 Å². The van der Waals surface area contributed by atoms with Crippen LogP contribution in [0.15, 0.2) is 0 Å². The molecule has 0 saturated heterocycles. The number of fused-ring (bicyclic) bond motifs is 2. The fourth-order valence-corrected chi connectivity index (χ4v) is 3.03. The van der Waals surface area contributed by atoms with Gasteiger partial charge in [-0.25, -0.2) is 0 Å². The minimum atomic E-state index is 0.994. The second kappa shape index (κ2) is 1.70. The first kappa shape index (κ1) is 5.23. The Morgan fingerprint density at radius 2 is 2.00 bits per heavy atom. The molecule has 4 atom stereocenters. The SMILES string of the molecule is PC1CC2CCC1C2. The molecule has 0 heterocycles. The summed E-state index contributed by atoms with van der Waals surface area (Å²) < 4.78 is 0. The lowest BCUT2D eigenvalue weighted by atomic mass is 10.0. The summed E-state index contributed by atoms with van der Waals surface area (Å²) in [5.41, 5.74) is 0.994. The van der Waals surface area contributed by atoms with Crippen LogP contribution >= 0.6 is 9.24 Å². The highest BCUT2D eigenvalue weighted by atomic mass is 31.0. The third-order valence-corrected chi connectivity index (χ3v) is 3.61.